The first-order chi connectivity index (χ1) is 9.54. The summed E-state index contributed by atoms with van der Waals surface area (Å²) in [6.07, 6.45) is 7.70. The Morgan fingerprint density at radius 1 is 1.20 bits per heavy atom. The molecule has 1 amide bonds. The molecule has 0 aliphatic rings. The Balaban J connectivity index is 2.34. The van der Waals surface area contributed by atoms with Gasteiger partial charge in [-0.3, -0.25) is 4.79 Å². The van der Waals surface area contributed by atoms with Gasteiger partial charge in [0.15, 0.2) is 0 Å². The van der Waals surface area contributed by atoms with E-state index in [4.69, 9.17) is 11.6 Å². The third-order valence-corrected chi connectivity index (χ3v) is 4.34. The average Bonchev–Trinajstić information content (AvgIpc) is 2.40. The van der Waals surface area contributed by atoms with Crippen LogP contribution in [-0.4, -0.2) is 5.91 Å². The second-order valence-corrected chi connectivity index (χ2v) is 6.41. The molecule has 0 atom stereocenters. The number of halogens is 2. The summed E-state index contributed by atoms with van der Waals surface area (Å²) < 4.78 is 0.871. The molecule has 0 aromatic heterocycles. The molecule has 0 aliphatic heterocycles. The lowest BCUT2D eigenvalue weighted by Crippen LogP contribution is -2.11. The Morgan fingerprint density at radius 3 is 2.55 bits per heavy atom. The summed E-state index contributed by atoms with van der Waals surface area (Å²) >= 11 is 9.52. The van der Waals surface area contributed by atoms with Gasteiger partial charge in [0.2, 0.25) is 5.91 Å². The molecule has 1 aromatic rings. The number of hydrogen-bond acceptors (Lipinski definition) is 1. The summed E-state index contributed by atoms with van der Waals surface area (Å²) in [6, 6.07) is 3.71. The highest BCUT2D eigenvalue weighted by Crippen LogP contribution is 2.29. The molecule has 1 N–H and O–H groups in total. The van der Waals surface area contributed by atoms with Gasteiger partial charge in [-0.25, -0.2) is 0 Å². The van der Waals surface area contributed by atoms with Crippen LogP contribution in [0.15, 0.2) is 16.6 Å². The van der Waals surface area contributed by atoms with Crippen molar-refractivity contribution in [1.29, 1.82) is 0 Å². The molecule has 0 saturated carbocycles. The van der Waals surface area contributed by atoms with E-state index in [9.17, 15) is 4.79 Å². The van der Waals surface area contributed by atoms with Crippen molar-refractivity contribution in [2.24, 2.45) is 0 Å². The zero-order valence-electron chi connectivity index (χ0n) is 12.3. The molecular weight excluding hydrogens is 338 g/mol. The maximum Gasteiger partial charge on any atom is 0.224 e. The molecular formula is C16H23BrClNO. The third-order valence-electron chi connectivity index (χ3n) is 3.28. The largest absolute Gasteiger partial charge is 0.325 e. The van der Waals surface area contributed by atoms with Crippen molar-refractivity contribution >= 4 is 39.1 Å². The van der Waals surface area contributed by atoms with Crippen molar-refractivity contribution in [3.8, 4) is 0 Å². The van der Waals surface area contributed by atoms with E-state index >= 15 is 0 Å². The lowest BCUT2D eigenvalue weighted by atomic mass is 10.1. The molecule has 0 radical (unpaired) electrons. The van der Waals surface area contributed by atoms with Crippen molar-refractivity contribution in [2.45, 2.75) is 58.8 Å². The normalized spacial score (nSPS) is 10.6. The first kappa shape index (κ1) is 17.5. The molecule has 0 aliphatic carbocycles. The molecule has 0 saturated heterocycles. The topological polar surface area (TPSA) is 29.1 Å². The first-order valence-electron chi connectivity index (χ1n) is 7.30. The van der Waals surface area contributed by atoms with Crippen LogP contribution in [0.1, 0.15) is 57.4 Å². The molecule has 0 bridgehead atoms. The second-order valence-electron chi connectivity index (χ2n) is 5.15. The minimum Gasteiger partial charge on any atom is -0.325 e. The average molecular weight is 361 g/mol. The number of carbonyl (C=O) groups excluding carboxylic acids is 1. The van der Waals surface area contributed by atoms with E-state index < -0.39 is 0 Å². The van der Waals surface area contributed by atoms with Gasteiger partial charge in [0.25, 0.3) is 0 Å². The van der Waals surface area contributed by atoms with E-state index in [1.165, 1.54) is 25.7 Å². The summed E-state index contributed by atoms with van der Waals surface area (Å²) in [5.41, 5.74) is 1.74. The first-order valence-corrected chi connectivity index (χ1v) is 8.47. The second kappa shape index (κ2) is 9.41. The summed E-state index contributed by atoms with van der Waals surface area (Å²) in [7, 11) is 0. The van der Waals surface area contributed by atoms with Crippen LogP contribution >= 0.6 is 27.5 Å². The van der Waals surface area contributed by atoms with Gasteiger partial charge in [0, 0.05) is 15.9 Å². The van der Waals surface area contributed by atoms with Crippen LogP contribution in [0, 0.1) is 6.92 Å². The zero-order chi connectivity index (χ0) is 15.0. The molecule has 2 nitrogen and oxygen atoms in total. The van der Waals surface area contributed by atoms with Gasteiger partial charge < -0.3 is 5.32 Å². The van der Waals surface area contributed by atoms with Gasteiger partial charge in [-0.1, -0.05) is 50.6 Å². The number of carbonyl (C=O) groups is 1. The van der Waals surface area contributed by atoms with Crippen molar-refractivity contribution in [3.05, 3.63) is 27.2 Å². The quantitative estimate of drug-likeness (QED) is 0.557. The lowest BCUT2D eigenvalue weighted by molar-refractivity contribution is -0.116. The van der Waals surface area contributed by atoms with Crippen molar-refractivity contribution in [2.75, 3.05) is 5.32 Å². The van der Waals surface area contributed by atoms with Crippen LogP contribution in [0.2, 0.25) is 5.02 Å². The fraction of sp³-hybridized carbons (Fsp3) is 0.562. The smallest absolute Gasteiger partial charge is 0.224 e. The molecule has 0 heterocycles. The summed E-state index contributed by atoms with van der Waals surface area (Å²) in [5.74, 6) is 0.0566. The molecule has 4 heteroatoms. The van der Waals surface area contributed by atoms with Crippen molar-refractivity contribution in [3.63, 3.8) is 0 Å². The Hall–Kier alpha value is -0.540. The van der Waals surface area contributed by atoms with Crippen LogP contribution < -0.4 is 5.32 Å². The standard InChI is InChI=1S/C16H23BrClNO/c1-3-4-5-6-7-8-9-16(20)19-15-11-14(18)12(2)10-13(15)17/h10-11H,3-9H2,1-2H3,(H,19,20). The van der Waals surface area contributed by atoms with Crippen LogP contribution in [-0.2, 0) is 4.79 Å². The molecule has 0 spiro atoms. The van der Waals surface area contributed by atoms with Crippen molar-refractivity contribution < 1.29 is 4.79 Å². The fourth-order valence-corrected chi connectivity index (χ4v) is 2.74. The van der Waals surface area contributed by atoms with E-state index in [0.29, 0.717) is 11.4 Å². The van der Waals surface area contributed by atoms with E-state index in [2.05, 4.69) is 28.2 Å². The van der Waals surface area contributed by atoms with Gasteiger partial charge in [0.1, 0.15) is 0 Å². The van der Waals surface area contributed by atoms with Crippen LogP contribution in [0.4, 0.5) is 5.69 Å². The monoisotopic (exact) mass is 359 g/mol. The van der Waals surface area contributed by atoms with Crippen LogP contribution in [0.25, 0.3) is 0 Å². The number of aryl methyl sites for hydroxylation is 1. The Labute approximate surface area is 135 Å². The predicted octanol–water partition coefficient (Wildman–Crippen LogP) is 6.10. The number of amides is 1. The predicted molar refractivity (Wildman–Crippen MR) is 90.5 cm³/mol. The Kier molecular flexibility index (Phi) is 8.24. The van der Waals surface area contributed by atoms with E-state index in [0.717, 1.165) is 28.6 Å². The maximum atomic E-state index is 11.9. The SMILES string of the molecule is CCCCCCCCC(=O)Nc1cc(Cl)c(C)cc1Br. The third kappa shape index (κ3) is 6.27. The lowest BCUT2D eigenvalue weighted by Gasteiger charge is -2.09. The molecule has 20 heavy (non-hydrogen) atoms. The minimum atomic E-state index is 0.0566. The number of unbranched alkanes of at least 4 members (excludes halogenated alkanes) is 5. The molecule has 0 fully saturated rings. The van der Waals surface area contributed by atoms with Crippen LogP contribution in [0.3, 0.4) is 0 Å². The van der Waals surface area contributed by atoms with Gasteiger partial charge in [-0.2, -0.15) is 0 Å². The highest BCUT2D eigenvalue weighted by atomic mass is 79.9. The summed E-state index contributed by atoms with van der Waals surface area (Å²) in [5, 5.41) is 3.58. The highest BCUT2D eigenvalue weighted by molar-refractivity contribution is 9.10. The van der Waals surface area contributed by atoms with Gasteiger partial charge in [0.05, 0.1) is 5.69 Å². The number of benzene rings is 1. The molecule has 1 rings (SSSR count). The minimum absolute atomic E-state index is 0.0566. The highest BCUT2D eigenvalue weighted by Gasteiger charge is 2.08. The molecule has 0 unspecified atom stereocenters. The summed E-state index contributed by atoms with van der Waals surface area (Å²) in [4.78, 5) is 11.9. The Bertz CT molecular complexity index is 448. The Morgan fingerprint density at radius 2 is 1.85 bits per heavy atom. The summed E-state index contributed by atoms with van der Waals surface area (Å²) in [6.45, 7) is 4.15. The molecule has 112 valence electrons. The van der Waals surface area contributed by atoms with E-state index in [-0.39, 0.29) is 5.91 Å². The zero-order valence-corrected chi connectivity index (χ0v) is 14.6. The number of rotatable bonds is 8. The number of anilines is 1. The van der Waals surface area contributed by atoms with Crippen molar-refractivity contribution in [1.82, 2.24) is 0 Å². The maximum absolute atomic E-state index is 11.9. The van der Waals surface area contributed by atoms with Gasteiger partial charge >= 0.3 is 0 Å². The van der Waals surface area contributed by atoms with Gasteiger partial charge in [-0.15, -0.1) is 0 Å². The molecule has 1 aromatic carbocycles. The van der Waals surface area contributed by atoms with E-state index in [1.807, 2.05) is 13.0 Å². The number of hydrogen-bond donors (Lipinski definition) is 1. The van der Waals surface area contributed by atoms with E-state index in [1.54, 1.807) is 6.07 Å². The van der Waals surface area contributed by atoms with Crippen LogP contribution in [0.5, 0.6) is 0 Å². The van der Waals surface area contributed by atoms with Gasteiger partial charge in [-0.05, 0) is 47.0 Å². The fourth-order valence-electron chi connectivity index (χ4n) is 2.02. The number of nitrogens with one attached hydrogen (secondary N) is 1.